The molecule has 0 saturated carbocycles. The zero-order valence-electron chi connectivity index (χ0n) is 10.9. The number of rotatable bonds is 3. The summed E-state index contributed by atoms with van der Waals surface area (Å²) in [6.07, 6.45) is 1.87. The lowest BCUT2D eigenvalue weighted by atomic mass is 10.2. The standard InChI is InChI=1S/C15H13N3S2/c1-16-15-18(17-9-12-7-8-19-10-12)14(11-20-15)13-5-3-2-4-6-13/h2-11H,1H3. The maximum atomic E-state index is 4.57. The number of benzene rings is 1. The van der Waals surface area contributed by atoms with Crippen LogP contribution in [0.25, 0.3) is 11.3 Å². The van der Waals surface area contributed by atoms with E-state index in [0.717, 1.165) is 21.6 Å². The van der Waals surface area contributed by atoms with Crippen LogP contribution in [0.4, 0.5) is 0 Å². The highest BCUT2D eigenvalue weighted by molar-refractivity contribution is 7.08. The zero-order valence-corrected chi connectivity index (χ0v) is 12.6. The van der Waals surface area contributed by atoms with Crippen molar-refractivity contribution >= 4 is 28.9 Å². The summed E-state index contributed by atoms with van der Waals surface area (Å²) in [4.78, 5) is 5.17. The van der Waals surface area contributed by atoms with Gasteiger partial charge in [-0.2, -0.15) is 16.4 Å². The molecular weight excluding hydrogens is 286 g/mol. The maximum Gasteiger partial charge on any atom is 0.205 e. The van der Waals surface area contributed by atoms with Crippen LogP contribution in [-0.2, 0) is 0 Å². The number of aromatic nitrogens is 1. The summed E-state index contributed by atoms with van der Waals surface area (Å²) in [6.45, 7) is 0. The van der Waals surface area contributed by atoms with Gasteiger partial charge in [0.15, 0.2) is 0 Å². The molecule has 0 spiro atoms. The maximum absolute atomic E-state index is 4.57. The van der Waals surface area contributed by atoms with Crippen molar-refractivity contribution in [2.45, 2.75) is 0 Å². The topological polar surface area (TPSA) is 29.6 Å². The molecule has 3 aromatic rings. The average molecular weight is 299 g/mol. The Morgan fingerprint density at radius 1 is 1.10 bits per heavy atom. The molecule has 0 amide bonds. The van der Waals surface area contributed by atoms with Gasteiger partial charge in [0, 0.05) is 23.6 Å². The second kappa shape index (κ2) is 5.98. The fraction of sp³-hybridized carbons (Fsp3) is 0.0667. The molecule has 0 saturated heterocycles. The van der Waals surface area contributed by atoms with Crippen LogP contribution in [0.5, 0.6) is 0 Å². The summed E-state index contributed by atoms with van der Waals surface area (Å²) in [5, 5.41) is 10.8. The van der Waals surface area contributed by atoms with Crippen molar-refractivity contribution in [1.82, 2.24) is 4.68 Å². The van der Waals surface area contributed by atoms with Gasteiger partial charge in [0.1, 0.15) is 0 Å². The Morgan fingerprint density at radius 2 is 1.95 bits per heavy atom. The molecule has 3 nitrogen and oxygen atoms in total. The third kappa shape index (κ3) is 2.64. The first-order valence-corrected chi connectivity index (χ1v) is 7.96. The van der Waals surface area contributed by atoms with Crippen molar-refractivity contribution < 1.29 is 0 Å². The molecule has 0 N–H and O–H groups in total. The van der Waals surface area contributed by atoms with Gasteiger partial charge in [-0.1, -0.05) is 30.3 Å². The summed E-state index contributed by atoms with van der Waals surface area (Å²) < 4.78 is 1.89. The quantitative estimate of drug-likeness (QED) is 0.660. The predicted octanol–water partition coefficient (Wildman–Crippen LogP) is 3.69. The van der Waals surface area contributed by atoms with Crippen molar-refractivity contribution in [3.05, 3.63) is 62.9 Å². The van der Waals surface area contributed by atoms with Crippen LogP contribution in [0.1, 0.15) is 5.56 Å². The Balaban J connectivity index is 2.07. The summed E-state index contributed by atoms with van der Waals surface area (Å²) >= 11 is 3.26. The monoisotopic (exact) mass is 299 g/mol. The van der Waals surface area contributed by atoms with Crippen LogP contribution in [0.3, 0.4) is 0 Å². The number of hydrogen-bond acceptors (Lipinski definition) is 4. The highest BCUT2D eigenvalue weighted by atomic mass is 32.1. The Kier molecular flexibility index (Phi) is 3.90. The number of thiophene rings is 1. The van der Waals surface area contributed by atoms with Gasteiger partial charge in [0.2, 0.25) is 4.80 Å². The molecule has 0 aliphatic heterocycles. The van der Waals surface area contributed by atoms with E-state index in [9.17, 15) is 0 Å². The normalized spacial score (nSPS) is 12.3. The lowest BCUT2D eigenvalue weighted by Gasteiger charge is -2.02. The van der Waals surface area contributed by atoms with E-state index in [4.69, 9.17) is 0 Å². The van der Waals surface area contributed by atoms with Gasteiger partial charge in [-0.25, -0.2) is 4.68 Å². The minimum Gasteiger partial charge on any atom is -0.261 e. The highest BCUT2D eigenvalue weighted by Crippen LogP contribution is 2.19. The second-order valence-corrected chi connectivity index (χ2v) is 5.72. The Bertz CT molecular complexity index is 765. The van der Waals surface area contributed by atoms with E-state index in [0.29, 0.717) is 0 Å². The van der Waals surface area contributed by atoms with E-state index in [1.165, 1.54) is 0 Å². The smallest absolute Gasteiger partial charge is 0.205 e. The van der Waals surface area contributed by atoms with E-state index < -0.39 is 0 Å². The third-order valence-electron chi connectivity index (χ3n) is 2.81. The molecule has 0 fully saturated rings. The first kappa shape index (κ1) is 13.0. The molecule has 0 atom stereocenters. The summed E-state index contributed by atoms with van der Waals surface area (Å²) in [7, 11) is 1.79. The molecule has 2 aromatic heterocycles. The van der Waals surface area contributed by atoms with Crippen LogP contribution >= 0.6 is 22.7 Å². The van der Waals surface area contributed by atoms with Gasteiger partial charge < -0.3 is 0 Å². The molecule has 0 bridgehead atoms. The average Bonchev–Trinajstić information content (AvgIpc) is 3.15. The van der Waals surface area contributed by atoms with E-state index in [1.54, 1.807) is 29.7 Å². The molecule has 0 aliphatic carbocycles. The SMILES string of the molecule is CN=c1scc(-c2ccccc2)n1N=Cc1ccsc1. The third-order valence-corrected chi connectivity index (χ3v) is 4.42. The Morgan fingerprint density at radius 3 is 2.65 bits per heavy atom. The second-order valence-electron chi connectivity index (χ2n) is 4.11. The molecule has 5 heteroatoms. The first-order valence-electron chi connectivity index (χ1n) is 6.14. The molecule has 0 radical (unpaired) electrons. The molecule has 1 aromatic carbocycles. The summed E-state index contributed by atoms with van der Waals surface area (Å²) in [5.41, 5.74) is 3.30. The minimum absolute atomic E-state index is 0.885. The molecule has 0 aliphatic rings. The van der Waals surface area contributed by atoms with Crippen LogP contribution in [0.2, 0.25) is 0 Å². The van der Waals surface area contributed by atoms with Gasteiger partial charge in [-0.15, -0.1) is 11.3 Å². The Hall–Kier alpha value is -1.98. The van der Waals surface area contributed by atoms with Gasteiger partial charge in [0.25, 0.3) is 0 Å². The fourth-order valence-electron chi connectivity index (χ4n) is 1.84. The van der Waals surface area contributed by atoms with Crippen molar-refractivity contribution in [2.24, 2.45) is 10.1 Å². The van der Waals surface area contributed by atoms with Crippen molar-refractivity contribution in [1.29, 1.82) is 0 Å². The van der Waals surface area contributed by atoms with E-state index in [2.05, 4.69) is 33.0 Å². The molecule has 2 heterocycles. The van der Waals surface area contributed by atoms with Crippen molar-refractivity contribution in [2.75, 3.05) is 7.05 Å². The summed E-state index contributed by atoms with van der Waals surface area (Å²) in [6, 6.07) is 12.3. The van der Waals surface area contributed by atoms with E-state index in [-0.39, 0.29) is 0 Å². The van der Waals surface area contributed by atoms with Crippen LogP contribution in [0.15, 0.2) is 62.6 Å². The molecule has 100 valence electrons. The highest BCUT2D eigenvalue weighted by Gasteiger charge is 2.06. The predicted molar refractivity (Wildman–Crippen MR) is 86.5 cm³/mol. The number of nitrogens with zero attached hydrogens (tertiary/aromatic N) is 3. The van der Waals surface area contributed by atoms with Crippen LogP contribution in [-0.4, -0.2) is 17.9 Å². The van der Waals surface area contributed by atoms with Gasteiger partial charge in [-0.05, 0) is 16.8 Å². The Labute approximate surface area is 125 Å². The van der Waals surface area contributed by atoms with Crippen LogP contribution in [0, 0.1) is 0 Å². The molecule has 3 rings (SSSR count). The summed E-state index contributed by atoms with van der Waals surface area (Å²) in [5.74, 6) is 0. The van der Waals surface area contributed by atoms with Gasteiger partial charge in [-0.3, -0.25) is 4.99 Å². The largest absolute Gasteiger partial charge is 0.261 e. The van der Waals surface area contributed by atoms with Gasteiger partial charge >= 0.3 is 0 Å². The molecular formula is C15H13N3S2. The lowest BCUT2D eigenvalue weighted by Crippen LogP contribution is -2.11. The van der Waals surface area contributed by atoms with E-state index in [1.807, 2.05) is 40.5 Å². The molecule has 20 heavy (non-hydrogen) atoms. The van der Waals surface area contributed by atoms with Crippen molar-refractivity contribution in [3.8, 4) is 11.3 Å². The van der Waals surface area contributed by atoms with Crippen molar-refractivity contribution in [3.63, 3.8) is 0 Å². The lowest BCUT2D eigenvalue weighted by molar-refractivity contribution is 0.848. The molecule has 0 unspecified atom stereocenters. The fourth-order valence-corrected chi connectivity index (χ4v) is 3.26. The van der Waals surface area contributed by atoms with Gasteiger partial charge in [0.05, 0.1) is 11.9 Å². The minimum atomic E-state index is 0.885. The van der Waals surface area contributed by atoms with E-state index >= 15 is 0 Å². The zero-order chi connectivity index (χ0) is 13.8. The number of hydrogen-bond donors (Lipinski definition) is 0. The van der Waals surface area contributed by atoms with Crippen LogP contribution < -0.4 is 4.80 Å². The number of thiazole rings is 1. The first-order chi connectivity index (χ1) is 9.88.